The van der Waals surface area contributed by atoms with Crippen molar-refractivity contribution in [3.05, 3.63) is 60.4 Å². The second kappa shape index (κ2) is 8.17. The first-order chi connectivity index (χ1) is 10.7. The molecule has 1 aromatic carbocycles. The molecule has 114 valence electrons. The zero-order chi connectivity index (χ0) is 15.7. The monoisotopic (exact) mass is 316 g/mol. The second-order valence-electron chi connectivity index (χ2n) is 4.40. The van der Waals surface area contributed by atoms with Crippen LogP contribution in [0.15, 0.2) is 54.9 Å². The van der Waals surface area contributed by atoms with Gasteiger partial charge in [0.25, 0.3) is 0 Å². The number of aromatic nitrogens is 1. The van der Waals surface area contributed by atoms with Crippen molar-refractivity contribution in [3.8, 4) is 17.6 Å². The van der Waals surface area contributed by atoms with E-state index in [1.54, 1.807) is 48.8 Å². The Balaban J connectivity index is 1.73. The highest BCUT2D eigenvalue weighted by Gasteiger charge is 2.09. The third-order valence-electron chi connectivity index (χ3n) is 2.65. The fourth-order valence-electron chi connectivity index (χ4n) is 1.66. The number of rotatable bonds is 6. The van der Waals surface area contributed by atoms with E-state index in [1.807, 2.05) is 6.07 Å². The fourth-order valence-corrected chi connectivity index (χ4v) is 2.68. The van der Waals surface area contributed by atoms with Crippen LogP contribution in [0.25, 0.3) is 0 Å². The molecule has 0 atom stereocenters. The number of ether oxygens (including phenoxy) is 1. The van der Waals surface area contributed by atoms with E-state index in [0.29, 0.717) is 5.75 Å². The lowest BCUT2D eigenvalue weighted by Gasteiger charge is -2.03. The molecule has 0 saturated heterocycles. The van der Waals surface area contributed by atoms with Gasteiger partial charge < -0.3 is 4.74 Å². The summed E-state index contributed by atoms with van der Waals surface area (Å²) in [6.07, 6.45) is 3.24. The summed E-state index contributed by atoms with van der Waals surface area (Å²) in [6.45, 7) is 0.248. The third kappa shape index (κ3) is 5.95. The Bertz CT molecular complexity index is 735. The van der Waals surface area contributed by atoms with E-state index in [2.05, 4.69) is 21.5 Å². The van der Waals surface area contributed by atoms with Crippen molar-refractivity contribution in [1.29, 1.82) is 0 Å². The van der Waals surface area contributed by atoms with Gasteiger partial charge in [-0.15, -0.1) is 0 Å². The molecular formula is C16H16N2O3S. The van der Waals surface area contributed by atoms with Crippen LogP contribution in [0.1, 0.15) is 5.56 Å². The molecule has 1 aromatic heterocycles. The van der Waals surface area contributed by atoms with Crippen LogP contribution in [0.5, 0.6) is 5.75 Å². The smallest absolute Gasteiger partial charge is 0.216 e. The molecule has 0 aliphatic carbocycles. The number of nitrogens with one attached hydrogen (secondary N) is 1. The van der Waals surface area contributed by atoms with E-state index in [0.717, 1.165) is 5.56 Å². The number of hydrogen-bond donors (Lipinski definition) is 1. The Labute approximate surface area is 130 Å². The van der Waals surface area contributed by atoms with Gasteiger partial charge in [0.05, 0.1) is 18.5 Å². The topological polar surface area (TPSA) is 68.3 Å². The molecule has 0 radical (unpaired) electrons. The minimum Gasteiger partial charge on any atom is -0.479 e. The van der Waals surface area contributed by atoms with Crippen LogP contribution < -0.4 is 9.46 Å². The van der Waals surface area contributed by atoms with E-state index >= 15 is 0 Å². The lowest BCUT2D eigenvalue weighted by molar-refractivity contribution is 0.368. The lowest BCUT2D eigenvalue weighted by Crippen LogP contribution is -2.25. The zero-order valence-corrected chi connectivity index (χ0v) is 12.7. The molecule has 2 rings (SSSR count). The average molecular weight is 316 g/mol. The molecule has 0 spiro atoms. The summed E-state index contributed by atoms with van der Waals surface area (Å²) in [5.41, 5.74) is 0.739. The molecule has 6 heteroatoms. The zero-order valence-electron chi connectivity index (χ0n) is 11.9. The van der Waals surface area contributed by atoms with Gasteiger partial charge >= 0.3 is 0 Å². The maximum absolute atomic E-state index is 11.8. The SMILES string of the molecule is O=S(=O)(Cc1ccccc1)NCC#CCOc1cccnc1. The van der Waals surface area contributed by atoms with E-state index in [9.17, 15) is 8.42 Å². The summed E-state index contributed by atoms with van der Waals surface area (Å²) in [6, 6.07) is 12.5. The minimum absolute atomic E-state index is 0.0539. The van der Waals surface area contributed by atoms with Crippen LogP contribution in [-0.2, 0) is 15.8 Å². The Morgan fingerprint density at radius 2 is 1.91 bits per heavy atom. The van der Waals surface area contributed by atoms with Crippen molar-refractivity contribution < 1.29 is 13.2 Å². The summed E-state index contributed by atoms with van der Waals surface area (Å²) in [5, 5.41) is 0. The largest absolute Gasteiger partial charge is 0.479 e. The molecule has 0 aliphatic heterocycles. The van der Waals surface area contributed by atoms with Crippen molar-refractivity contribution in [2.45, 2.75) is 5.75 Å². The average Bonchev–Trinajstić information content (AvgIpc) is 2.52. The van der Waals surface area contributed by atoms with Gasteiger partial charge in [0.1, 0.15) is 12.4 Å². The highest BCUT2D eigenvalue weighted by atomic mass is 32.2. The number of pyridine rings is 1. The van der Waals surface area contributed by atoms with Gasteiger partial charge in [-0.05, 0) is 17.7 Å². The van der Waals surface area contributed by atoms with Gasteiger partial charge in [-0.3, -0.25) is 4.98 Å². The van der Waals surface area contributed by atoms with Crippen LogP contribution in [0, 0.1) is 11.8 Å². The summed E-state index contributed by atoms with van der Waals surface area (Å²) < 4.78 is 31.4. The summed E-state index contributed by atoms with van der Waals surface area (Å²) >= 11 is 0. The Hall–Kier alpha value is -2.36. The first kappa shape index (κ1) is 16.0. The molecular weight excluding hydrogens is 300 g/mol. The van der Waals surface area contributed by atoms with Gasteiger partial charge in [0, 0.05) is 6.20 Å². The third-order valence-corrected chi connectivity index (χ3v) is 3.95. The number of benzene rings is 1. The standard InChI is InChI=1S/C16H16N2O3S/c19-22(20,14-15-7-2-1-3-8-15)18-11-4-5-12-21-16-9-6-10-17-13-16/h1-3,6-10,13,18H,11-12,14H2. The molecule has 5 nitrogen and oxygen atoms in total. The van der Waals surface area contributed by atoms with E-state index < -0.39 is 10.0 Å². The van der Waals surface area contributed by atoms with Crippen molar-refractivity contribution >= 4 is 10.0 Å². The molecule has 0 bridgehead atoms. The lowest BCUT2D eigenvalue weighted by atomic mass is 10.2. The Kier molecular flexibility index (Phi) is 5.95. The molecule has 0 fully saturated rings. The first-order valence-electron chi connectivity index (χ1n) is 6.65. The van der Waals surface area contributed by atoms with Crippen LogP contribution in [0.2, 0.25) is 0 Å². The van der Waals surface area contributed by atoms with Gasteiger partial charge in [-0.2, -0.15) is 0 Å². The summed E-state index contributed by atoms with van der Waals surface area (Å²) in [7, 11) is -3.38. The maximum atomic E-state index is 11.8. The van der Waals surface area contributed by atoms with Crippen molar-refractivity contribution in [2.75, 3.05) is 13.2 Å². The Morgan fingerprint density at radius 1 is 1.09 bits per heavy atom. The summed E-state index contributed by atoms with van der Waals surface area (Å²) in [4.78, 5) is 3.91. The molecule has 0 unspecified atom stereocenters. The van der Waals surface area contributed by atoms with Crippen molar-refractivity contribution in [2.24, 2.45) is 0 Å². The van der Waals surface area contributed by atoms with Crippen molar-refractivity contribution in [3.63, 3.8) is 0 Å². The first-order valence-corrected chi connectivity index (χ1v) is 8.31. The van der Waals surface area contributed by atoms with E-state index in [1.165, 1.54) is 0 Å². The molecule has 1 N–H and O–H groups in total. The van der Waals surface area contributed by atoms with Gasteiger partial charge in [0.2, 0.25) is 10.0 Å². The predicted molar refractivity (Wildman–Crippen MR) is 84.6 cm³/mol. The number of sulfonamides is 1. The fraction of sp³-hybridized carbons (Fsp3) is 0.188. The number of hydrogen-bond acceptors (Lipinski definition) is 4. The Morgan fingerprint density at radius 3 is 2.64 bits per heavy atom. The van der Waals surface area contributed by atoms with E-state index in [4.69, 9.17) is 4.74 Å². The molecule has 0 aliphatic rings. The highest BCUT2D eigenvalue weighted by molar-refractivity contribution is 7.88. The maximum Gasteiger partial charge on any atom is 0.216 e. The second-order valence-corrected chi connectivity index (χ2v) is 6.20. The molecule has 0 amide bonds. The molecule has 1 heterocycles. The number of nitrogens with zero attached hydrogens (tertiary/aromatic N) is 1. The van der Waals surface area contributed by atoms with E-state index in [-0.39, 0.29) is 18.9 Å². The van der Waals surface area contributed by atoms with Crippen LogP contribution in [-0.4, -0.2) is 26.6 Å². The van der Waals surface area contributed by atoms with Crippen molar-refractivity contribution in [1.82, 2.24) is 9.71 Å². The molecule has 0 saturated carbocycles. The summed E-state index contributed by atoms with van der Waals surface area (Å²) in [5.74, 6) is 6.03. The van der Waals surface area contributed by atoms with Gasteiger partial charge in [0.15, 0.2) is 0 Å². The quantitative estimate of drug-likeness (QED) is 0.822. The normalized spacial score (nSPS) is 10.5. The van der Waals surface area contributed by atoms with Crippen LogP contribution >= 0.6 is 0 Å². The molecule has 2 aromatic rings. The highest BCUT2D eigenvalue weighted by Crippen LogP contribution is 2.05. The molecule has 22 heavy (non-hydrogen) atoms. The minimum atomic E-state index is -3.38. The predicted octanol–water partition coefficient (Wildman–Crippen LogP) is 1.58. The van der Waals surface area contributed by atoms with Crippen LogP contribution in [0.3, 0.4) is 0 Å². The van der Waals surface area contributed by atoms with Crippen LogP contribution in [0.4, 0.5) is 0 Å². The van der Waals surface area contributed by atoms with Gasteiger partial charge in [-0.25, -0.2) is 13.1 Å². The van der Waals surface area contributed by atoms with Gasteiger partial charge in [-0.1, -0.05) is 42.2 Å².